The van der Waals surface area contributed by atoms with Gasteiger partial charge in [-0.3, -0.25) is 0 Å². The molecule has 3 rings (SSSR count). The van der Waals surface area contributed by atoms with Crippen molar-refractivity contribution < 1.29 is 22.7 Å². The molecular weight excluding hydrogens is 385 g/mol. The van der Waals surface area contributed by atoms with Crippen LogP contribution in [0.2, 0.25) is 0 Å². The summed E-state index contributed by atoms with van der Waals surface area (Å²) in [7, 11) is 5.01. The maximum absolute atomic E-state index is 13.4. The minimum absolute atomic E-state index is 0.0740. The number of hydrogen-bond donors (Lipinski definition) is 0. The van der Waals surface area contributed by atoms with Crippen molar-refractivity contribution in [1.29, 1.82) is 5.26 Å². The Bertz CT molecular complexity index is 821. The van der Waals surface area contributed by atoms with E-state index in [1.54, 1.807) is 38.2 Å². The molecule has 0 aromatic heterocycles. The topological polar surface area (TPSA) is 59.8 Å². The van der Waals surface area contributed by atoms with Crippen molar-refractivity contribution in [2.75, 3.05) is 58.9 Å². The van der Waals surface area contributed by atoms with Gasteiger partial charge in [0.15, 0.2) is 0 Å². The predicted molar refractivity (Wildman–Crippen MR) is 101 cm³/mol. The average Bonchev–Trinajstić information content (AvgIpc) is 3.04. The second-order valence-corrected chi connectivity index (χ2v) is 8.10. The number of benzene rings is 1. The zero-order valence-corrected chi connectivity index (χ0v) is 16.8. The van der Waals surface area contributed by atoms with Crippen molar-refractivity contribution in [3.8, 4) is 6.07 Å². The number of anilines is 1. The highest BCUT2D eigenvalue weighted by molar-refractivity contribution is 5.74. The maximum atomic E-state index is 13.4. The van der Waals surface area contributed by atoms with Gasteiger partial charge in [0.2, 0.25) is 0 Å². The SMILES string of the molecule is COC[C@@]12CN(C(=O)N(C)C)CC[C@@H]1CN(c1ccc(C#N)c(C(F)(F)F)c1)C2. The Morgan fingerprint density at radius 2 is 2.10 bits per heavy atom. The van der Waals surface area contributed by atoms with E-state index in [4.69, 9.17) is 10.00 Å². The number of nitriles is 1. The fourth-order valence-corrected chi connectivity index (χ4v) is 4.58. The van der Waals surface area contributed by atoms with Gasteiger partial charge in [0.25, 0.3) is 0 Å². The lowest BCUT2D eigenvalue weighted by atomic mass is 9.74. The molecule has 2 saturated heterocycles. The second-order valence-electron chi connectivity index (χ2n) is 8.10. The number of amides is 2. The van der Waals surface area contributed by atoms with Gasteiger partial charge in [-0.15, -0.1) is 0 Å². The van der Waals surface area contributed by atoms with E-state index in [-0.39, 0.29) is 22.9 Å². The fourth-order valence-electron chi connectivity index (χ4n) is 4.58. The molecule has 2 fully saturated rings. The van der Waals surface area contributed by atoms with Crippen LogP contribution in [0.5, 0.6) is 0 Å². The summed E-state index contributed by atoms with van der Waals surface area (Å²) in [5, 5.41) is 9.02. The molecular formula is C20H25F3N4O2. The molecule has 0 spiro atoms. The number of piperidine rings is 1. The molecule has 1 aromatic rings. The summed E-state index contributed by atoms with van der Waals surface area (Å²) in [5.74, 6) is 0.207. The maximum Gasteiger partial charge on any atom is 0.417 e. The Kier molecular flexibility index (Phi) is 5.68. The van der Waals surface area contributed by atoms with Crippen LogP contribution in [0.15, 0.2) is 18.2 Å². The first kappa shape index (κ1) is 21.2. The highest BCUT2D eigenvalue weighted by Gasteiger charge is 2.51. The van der Waals surface area contributed by atoms with Gasteiger partial charge in [0.05, 0.1) is 23.8 Å². The van der Waals surface area contributed by atoms with Crippen molar-refractivity contribution in [3.05, 3.63) is 29.3 Å². The molecule has 0 bridgehead atoms. The first-order chi connectivity index (χ1) is 13.6. The number of carbonyl (C=O) groups is 1. The molecule has 6 nitrogen and oxygen atoms in total. The summed E-state index contributed by atoms with van der Waals surface area (Å²) in [6.07, 6.45) is -3.82. The van der Waals surface area contributed by atoms with E-state index in [1.165, 1.54) is 11.0 Å². The Balaban J connectivity index is 1.90. The minimum atomic E-state index is -4.59. The number of carbonyl (C=O) groups excluding carboxylic acids is 1. The molecule has 1 aromatic carbocycles. The number of nitrogens with zero attached hydrogens (tertiary/aromatic N) is 4. The molecule has 158 valence electrons. The van der Waals surface area contributed by atoms with Gasteiger partial charge in [-0.25, -0.2) is 4.79 Å². The largest absolute Gasteiger partial charge is 0.417 e. The molecule has 2 atom stereocenters. The monoisotopic (exact) mass is 410 g/mol. The van der Waals surface area contributed by atoms with Gasteiger partial charge in [-0.2, -0.15) is 18.4 Å². The van der Waals surface area contributed by atoms with E-state index in [0.29, 0.717) is 38.5 Å². The van der Waals surface area contributed by atoms with Gasteiger partial charge in [-0.05, 0) is 30.5 Å². The normalized spacial score (nSPS) is 24.2. The lowest BCUT2D eigenvalue weighted by Crippen LogP contribution is -2.54. The molecule has 9 heteroatoms. The highest BCUT2D eigenvalue weighted by Crippen LogP contribution is 2.45. The van der Waals surface area contributed by atoms with Crippen LogP contribution in [-0.4, -0.2) is 69.8 Å². The number of alkyl halides is 3. The number of likely N-dealkylation sites (tertiary alicyclic amines) is 1. The Morgan fingerprint density at radius 3 is 2.69 bits per heavy atom. The van der Waals surface area contributed by atoms with Crippen molar-refractivity contribution in [3.63, 3.8) is 0 Å². The van der Waals surface area contributed by atoms with Crippen LogP contribution in [0.25, 0.3) is 0 Å². The molecule has 0 saturated carbocycles. The molecule has 2 aliphatic rings. The van der Waals surface area contributed by atoms with Gasteiger partial charge in [0.1, 0.15) is 0 Å². The number of ether oxygens (including phenoxy) is 1. The first-order valence-electron chi connectivity index (χ1n) is 9.43. The lowest BCUT2D eigenvalue weighted by Gasteiger charge is -2.44. The quantitative estimate of drug-likeness (QED) is 0.769. The van der Waals surface area contributed by atoms with E-state index < -0.39 is 11.7 Å². The molecule has 2 aliphatic heterocycles. The zero-order valence-electron chi connectivity index (χ0n) is 16.8. The number of halogens is 3. The molecule has 0 aliphatic carbocycles. The van der Waals surface area contributed by atoms with E-state index in [9.17, 15) is 18.0 Å². The molecule has 29 heavy (non-hydrogen) atoms. The summed E-state index contributed by atoms with van der Waals surface area (Å²) in [4.78, 5) is 17.7. The number of urea groups is 1. The van der Waals surface area contributed by atoms with Gasteiger partial charge in [-0.1, -0.05) is 0 Å². The van der Waals surface area contributed by atoms with Crippen LogP contribution in [-0.2, 0) is 10.9 Å². The smallest absolute Gasteiger partial charge is 0.384 e. The standard InChI is InChI=1S/C20H25F3N4O2/c1-25(2)18(28)26-7-6-15-10-27(12-19(15,11-26)13-29-3)16-5-4-14(9-24)17(8-16)20(21,22)23/h4-5,8,15H,6-7,10-13H2,1-3H3/t15-,19+/m1/s1. The van der Waals surface area contributed by atoms with E-state index >= 15 is 0 Å². The lowest BCUT2D eigenvalue weighted by molar-refractivity contribution is -0.137. The third-order valence-corrected chi connectivity index (χ3v) is 5.94. The Labute approximate surface area is 168 Å². The second kappa shape index (κ2) is 7.75. The number of methoxy groups -OCH3 is 1. The van der Waals surface area contributed by atoms with Gasteiger partial charge in [0, 0.05) is 58.5 Å². The zero-order chi connectivity index (χ0) is 21.4. The van der Waals surface area contributed by atoms with Crippen LogP contribution in [0.3, 0.4) is 0 Å². The Hall–Kier alpha value is -2.47. The van der Waals surface area contributed by atoms with Gasteiger partial charge < -0.3 is 19.4 Å². The molecule has 2 amide bonds. The Morgan fingerprint density at radius 1 is 1.38 bits per heavy atom. The number of fused-ring (bicyclic) bond motifs is 1. The molecule has 0 N–H and O–H groups in total. The van der Waals surface area contributed by atoms with Crippen molar-refractivity contribution in [2.45, 2.75) is 12.6 Å². The van der Waals surface area contributed by atoms with Crippen molar-refractivity contribution in [2.24, 2.45) is 11.3 Å². The van der Waals surface area contributed by atoms with Crippen LogP contribution in [0.4, 0.5) is 23.7 Å². The third kappa shape index (κ3) is 3.99. The fraction of sp³-hybridized carbons (Fsp3) is 0.600. The van der Waals surface area contributed by atoms with Crippen LogP contribution in [0.1, 0.15) is 17.5 Å². The van der Waals surface area contributed by atoms with Crippen LogP contribution < -0.4 is 4.90 Å². The van der Waals surface area contributed by atoms with Crippen LogP contribution in [0, 0.1) is 22.7 Å². The summed E-state index contributed by atoms with van der Waals surface area (Å²) in [6, 6.07) is 5.39. The van der Waals surface area contributed by atoms with Crippen molar-refractivity contribution in [1.82, 2.24) is 9.80 Å². The molecule has 2 heterocycles. The van der Waals surface area contributed by atoms with Gasteiger partial charge >= 0.3 is 12.2 Å². The highest BCUT2D eigenvalue weighted by atomic mass is 19.4. The van der Waals surface area contributed by atoms with E-state index in [2.05, 4.69) is 0 Å². The van der Waals surface area contributed by atoms with E-state index in [0.717, 1.165) is 12.5 Å². The number of rotatable bonds is 3. The van der Waals surface area contributed by atoms with Crippen molar-refractivity contribution >= 4 is 11.7 Å². The molecule has 0 unspecified atom stereocenters. The predicted octanol–water partition coefficient (Wildman–Crippen LogP) is 3.03. The molecule has 0 radical (unpaired) electrons. The summed E-state index contributed by atoms with van der Waals surface area (Å²) < 4.78 is 45.6. The van der Waals surface area contributed by atoms with E-state index in [1.807, 2.05) is 4.90 Å². The first-order valence-corrected chi connectivity index (χ1v) is 9.43. The summed E-state index contributed by atoms with van der Waals surface area (Å²) in [5.41, 5.74) is -1.21. The summed E-state index contributed by atoms with van der Waals surface area (Å²) in [6.45, 7) is 2.62. The number of hydrogen-bond acceptors (Lipinski definition) is 4. The van der Waals surface area contributed by atoms with Crippen LogP contribution >= 0.6 is 0 Å². The third-order valence-electron chi connectivity index (χ3n) is 5.94. The summed E-state index contributed by atoms with van der Waals surface area (Å²) >= 11 is 0. The minimum Gasteiger partial charge on any atom is -0.384 e. The average molecular weight is 410 g/mol.